The summed E-state index contributed by atoms with van der Waals surface area (Å²) < 4.78 is 5.36. The Morgan fingerprint density at radius 2 is 1.88 bits per heavy atom. The molecule has 0 aliphatic carbocycles. The van der Waals surface area contributed by atoms with Gasteiger partial charge in [0.2, 0.25) is 5.91 Å². The van der Waals surface area contributed by atoms with Gasteiger partial charge in [0.05, 0.1) is 19.3 Å². The summed E-state index contributed by atoms with van der Waals surface area (Å²) in [5, 5.41) is 13.2. The van der Waals surface area contributed by atoms with Crippen LogP contribution in [0.4, 0.5) is 0 Å². The number of nitrogens with one attached hydrogen (secondary N) is 1. The number of likely N-dealkylation sites (N-methyl/N-ethyl adjacent to an activating group) is 1. The molecule has 0 radical (unpaired) electrons. The molecule has 5 heteroatoms. The highest BCUT2D eigenvalue weighted by atomic mass is 16.5. The van der Waals surface area contributed by atoms with E-state index in [1.54, 1.807) is 0 Å². The van der Waals surface area contributed by atoms with Gasteiger partial charge < -0.3 is 15.2 Å². The molecule has 1 aliphatic heterocycles. The van der Waals surface area contributed by atoms with Gasteiger partial charge in [0.15, 0.2) is 0 Å². The highest BCUT2D eigenvalue weighted by molar-refractivity contribution is 5.82. The summed E-state index contributed by atoms with van der Waals surface area (Å²) in [5.74, 6) is -0.109. The fourth-order valence-corrected chi connectivity index (χ4v) is 2.92. The van der Waals surface area contributed by atoms with Gasteiger partial charge in [-0.3, -0.25) is 9.69 Å². The van der Waals surface area contributed by atoms with Crippen LogP contribution >= 0.6 is 0 Å². The third-order valence-electron chi connectivity index (χ3n) is 4.57. The van der Waals surface area contributed by atoms with Crippen molar-refractivity contribution in [3.05, 3.63) is 60.2 Å². The molecule has 0 aromatic heterocycles. The number of aliphatic hydroxyl groups is 1. The predicted molar refractivity (Wildman–Crippen MR) is 97.1 cm³/mol. The van der Waals surface area contributed by atoms with Gasteiger partial charge in [-0.15, -0.1) is 0 Å². The number of morpholine rings is 1. The third-order valence-corrected chi connectivity index (χ3v) is 4.57. The summed E-state index contributed by atoms with van der Waals surface area (Å²) >= 11 is 0. The minimum atomic E-state index is -0.733. The fraction of sp³-hybridized carbons (Fsp3) is 0.350. The van der Waals surface area contributed by atoms with E-state index in [2.05, 4.69) is 17.4 Å². The smallest absolute Gasteiger partial charge is 0.239 e. The van der Waals surface area contributed by atoms with Gasteiger partial charge in [-0.25, -0.2) is 0 Å². The zero-order valence-corrected chi connectivity index (χ0v) is 14.4. The molecule has 2 N–H and O–H groups in total. The van der Waals surface area contributed by atoms with Crippen LogP contribution in [0.1, 0.15) is 11.7 Å². The second-order valence-corrected chi connectivity index (χ2v) is 6.32. The maximum Gasteiger partial charge on any atom is 0.239 e. The molecule has 1 amide bonds. The van der Waals surface area contributed by atoms with Gasteiger partial charge in [0.25, 0.3) is 0 Å². The molecule has 25 heavy (non-hydrogen) atoms. The number of carbonyl (C=O) groups is 1. The lowest BCUT2D eigenvalue weighted by Crippen LogP contribution is -2.52. The molecule has 0 spiro atoms. The van der Waals surface area contributed by atoms with Crippen LogP contribution in [0, 0.1) is 0 Å². The Labute approximate surface area is 148 Å². The van der Waals surface area contributed by atoms with Crippen molar-refractivity contribution in [1.82, 2.24) is 10.2 Å². The number of nitrogens with zero attached hydrogens (tertiary/aromatic N) is 1. The van der Waals surface area contributed by atoms with Crippen LogP contribution in [0.15, 0.2) is 54.6 Å². The van der Waals surface area contributed by atoms with Crippen molar-refractivity contribution in [2.75, 3.05) is 33.4 Å². The quantitative estimate of drug-likeness (QED) is 0.872. The minimum absolute atomic E-state index is 0.109. The molecule has 0 unspecified atom stereocenters. The van der Waals surface area contributed by atoms with Crippen molar-refractivity contribution in [2.45, 2.75) is 12.1 Å². The Morgan fingerprint density at radius 1 is 1.20 bits per heavy atom. The highest BCUT2D eigenvalue weighted by Crippen LogP contribution is 2.21. The summed E-state index contributed by atoms with van der Waals surface area (Å²) in [6.07, 6.45) is -0.733. The number of aliphatic hydroxyl groups excluding tert-OH is 1. The van der Waals surface area contributed by atoms with Gasteiger partial charge in [-0.05, 0) is 23.7 Å². The summed E-state index contributed by atoms with van der Waals surface area (Å²) in [4.78, 5) is 14.2. The zero-order chi connectivity index (χ0) is 17.6. The molecule has 2 aromatic carbocycles. The first kappa shape index (κ1) is 17.6. The maximum atomic E-state index is 12.2. The van der Waals surface area contributed by atoms with Crippen LogP contribution in [0.25, 0.3) is 11.1 Å². The molecule has 5 nitrogen and oxygen atoms in total. The first-order valence-corrected chi connectivity index (χ1v) is 8.54. The predicted octanol–water partition coefficient (Wildman–Crippen LogP) is 1.83. The van der Waals surface area contributed by atoms with Crippen LogP contribution in [0.2, 0.25) is 0 Å². The Hall–Kier alpha value is -2.21. The van der Waals surface area contributed by atoms with Crippen LogP contribution < -0.4 is 5.32 Å². The van der Waals surface area contributed by atoms with Crippen LogP contribution in [-0.4, -0.2) is 55.3 Å². The molecule has 132 valence electrons. The Morgan fingerprint density at radius 3 is 2.56 bits per heavy atom. The number of benzene rings is 2. The molecule has 1 aliphatic rings. The number of hydrogen-bond acceptors (Lipinski definition) is 4. The zero-order valence-electron chi connectivity index (χ0n) is 14.4. The van der Waals surface area contributed by atoms with Crippen molar-refractivity contribution in [2.24, 2.45) is 0 Å². The molecule has 1 saturated heterocycles. The van der Waals surface area contributed by atoms with E-state index < -0.39 is 6.10 Å². The van der Waals surface area contributed by atoms with Crippen LogP contribution in [-0.2, 0) is 9.53 Å². The molecule has 2 aromatic rings. The first-order chi connectivity index (χ1) is 12.1. The van der Waals surface area contributed by atoms with Crippen molar-refractivity contribution in [3.8, 4) is 11.1 Å². The van der Waals surface area contributed by atoms with Gasteiger partial charge in [0.1, 0.15) is 6.04 Å². The lowest BCUT2D eigenvalue weighted by atomic mass is 10.0. The van der Waals surface area contributed by atoms with E-state index in [0.29, 0.717) is 13.2 Å². The Bertz CT molecular complexity index is 688. The second-order valence-electron chi connectivity index (χ2n) is 6.32. The number of carbonyl (C=O) groups excluding carboxylic acids is 1. The molecule has 3 rings (SSSR count). The number of amides is 1. The van der Waals surface area contributed by atoms with Gasteiger partial charge >= 0.3 is 0 Å². The summed E-state index contributed by atoms with van der Waals surface area (Å²) in [6.45, 7) is 1.97. The van der Waals surface area contributed by atoms with E-state index in [1.165, 1.54) is 0 Å². The third kappa shape index (κ3) is 4.45. The lowest BCUT2D eigenvalue weighted by Gasteiger charge is -2.31. The number of ether oxygens (including phenoxy) is 1. The summed E-state index contributed by atoms with van der Waals surface area (Å²) in [5.41, 5.74) is 3.02. The van der Waals surface area contributed by atoms with E-state index in [1.807, 2.05) is 54.4 Å². The molecular formula is C20H24N2O3. The number of rotatable bonds is 5. The Balaban J connectivity index is 1.56. The van der Waals surface area contributed by atoms with E-state index >= 15 is 0 Å². The monoisotopic (exact) mass is 340 g/mol. The van der Waals surface area contributed by atoms with Gasteiger partial charge in [0, 0.05) is 13.1 Å². The average molecular weight is 340 g/mol. The first-order valence-electron chi connectivity index (χ1n) is 8.54. The normalized spacial score (nSPS) is 19.4. The molecule has 1 heterocycles. The SMILES string of the molecule is CN1CCOC[C@@H]1C(=O)NC[C@@H](O)c1ccc(-c2ccccc2)cc1. The van der Waals surface area contributed by atoms with E-state index in [0.717, 1.165) is 23.2 Å². The Kier molecular flexibility index (Phi) is 5.81. The van der Waals surface area contributed by atoms with E-state index in [-0.39, 0.29) is 18.5 Å². The van der Waals surface area contributed by atoms with Crippen LogP contribution in [0.5, 0.6) is 0 Å². The molecule has 1 fully saturated rings. The molecular weight excluding hydrogens is 316 g/mol. The molecule has 2 atom stereocenters. The number of hydrogen-bond donors (Lipinski definition) is 2. The van der Waals surface area contributed by atoms with Crippen molar-refractivity contribution < 1.29 is 14.6 Å². The molecule has 0 saturated carbocycles. The highest BCUT2D eigenvalue weighted by Gasteiger charge is 2.26. The topological polar surface area (TPSA) is 61.8 Å². The summed E-state index contributed by atoms with van der Waals surface area (Å²) in [7, 11) is 1.91. The van der Waals surface area contributed by atoms with Gasteiger partial charge in [-0.1, -0.05) is 54.6 Å². The lowest BCUT2D eigenvalue weighted by molar-refractivity contribution is -0.131. The standard InChI is InChI=1S/C20H24N2O3/c1-22-11-12-25-14-18(22)20(24)21-13-19(23)17-9-7-16(8-10-17)15-5-3-2-4-6-15/h2-10,18-19,23H,11-14H2,1H3,(H,21,24)/t18-,19-/m1/s1. The average Bonchev–Trinajstić information content (AvgIpc) is 2.67. The fourth-order valence-electron chi connectivity index (χ4n) is 2.92. The maximum absolute atomic E-state index is 12.2. The van der Waals surface area contributed by atoms with E-state index in [9.17, 15) is 9.90 Å². The second kappa shape index (κ2) is 8.25. The van der Waals surface area contributed by atoms with Gasteiger partial charge in [-0.2, -0.15) is 0 Å². The largest absolute Gasteiger partial charge is 0.387 e. The van der Waals surface area contributed by atoms with Crippen LogP contribution in [0.3, 0.4) is 0 Å². The molecule has 0 bridgehead atoms. The van der Waals surface area contributed by atoms with Crippen molar-refractivity contribution in [3.63, 3.8) is 0 Å². The van der Waals surface area contributed by atoms with E-state index in [4.69, 9.17) is 4.74 Å². The van der Waals surface area contributed by atoms with Crippen molar-refractivity contribution >= 4 is 5.91 Å². The minimum Gasteiger partial charge on any atom is -0.387 e. The van der Waals surface area contributed by atoms with Crippen molar-refractivity contribution in [1.29, 1.82) is 0 Å². The summed E-state index contributed by atoms with van der Waals surface area (Å²) in [6, 6.07) is 17.6.